The van der Waals surface area contributed by atoms with Gasteiger partial charge < -0.3 is 5.32 Å². The van der Waals surface area contributed by atoms with E-state index in [1.807, 2.05) is 36.4 Å². The van der Waals surface area contributed by atoms with E-state index in [-0.39, 0.29) is 23.3 Å². The van der Waals surface area contributed by atoms with Gasteiger partial charge >= 0.3 is 6.03 Å². The number of rotatable bonds is 6. The molecule has 31 heavy (non-hydrogen) atoms. The summed E-state index contributed by atoms with van der Waals surface area (Å²) < 4.78 is 1.55. The fourth-order valence-electron chi connectivity index (χ4n) is 3.54. The Kier molecular flexibility index (Phi) is 6.08. The van der Waals surface area contributed by atoms with Crippen LogP contribution in [0.2, 0.25) is 0 Å². The summed E-state index contributed by atoms with van der Waals surface area (Å²) in [5, 5.41) is 3.57. The normalized spacial score (nSPS) is 14.6. The average Bonchev–Trinajstić information content (AvgIpc) is 3.23. The van der Waals surface area contributed by atoms with Gasteiger partial charge in [-0.2, -0.15) is 0 Å². The van der Waals surface area contributed by atoms with Crippen LogP contribution < -0.4 is 10.9 Å². The van der Waals surface area contributed by atoms with Gasteiger partial charge in [0.05, 0.1) is 22.3 Å². The Morgan fingerprint density at radius 1 is 1.16 bits per heavy atom. The molecule has 8 heteroatoms. The van der Waals surface area contributed by atoms with Crippen LogP contribution in [0.3, 0.4) is 0 Å². The molecule has 1 fully saturated rings. The minimum Gasteiger partial charge on any atom is -0.336 e. The van der Waals surface area contributed by atoms with E-state index in [4.69, 9.17) is 0 Å². The standard InChI is InChI=1S/C23H24N4O3S/c1-3-15(2)16-8-10-17(11-9-16)27-21(29)18-6-4-5-7-19(18)25-23(27)31-14-20(28)26-13-12-24-22(26)30/h4-11,15H,3,12-14H2,1-2H3,(H,24,30). The number of hydrogen-bond acceptors (Lipinski definition) is 5. The smallest absolute Gasteiger partial charge is 0.324 e. The summed E-state index contributed by atoms with van der Waals surface area (Å²) in [6.07, 6.45) is 1.03. The van der Waals surface area contributed by atoms with Crippen molar-refractivity contribution >= 4 is 34.6 Å². The van der Waals surface area contributed by atoms with Crippen LogP contribution in [0.5, 0.6) is 0 Å². The van der Waals surface area contributed by atoms with Gasteiger partial charge in [-0.05, 0) is 42.2 Å². The lowest BCUT2D eigenvalue weighted by Crippen LogP contribution is -2.35. The van der Waals surface area contributed by atoms with Crippen molar-refractivity contribution in [2.24, 2.45) is 0 Å². The molecule has 1 aromatic heterocycles. The van der Waals surface area contributed by atoms with E-state index in [9.17, 15) is 14.4 Å². The first-order chi connectivity index (χ1) is 15.0. The van der Waals surface area contributed by atoms with Crippen LogP contribution in [0.15, 0.2) is 58.5 Å². The number of carbonyl (C=O) groups excluding carboxylic acids is 2. The Bertz CT molecular complexity index is 1190. The van der Waals surface area contributed by atoms with E-state index in [2.05, 4.69) is 24.1 Å². The fourth-order valence-corrected chi connectivity index (χ4v) is 4.43. The van der Waals surface area contributed by atoms with Crippen molar-refractivity contribution in [1.29, 1.82) is 0 Å². The maximum absolute atomic E-state index is 13.3. The van der Waals surface area contributed by atoms with Gasteiger partial charge in [-0.25, -0.2) is 9.78 Å². The Labute approximate surface area is 184 Å². The number of benzene rings is 2. The molecule has 160 valence electrons. The third-order valence-corrected chi connectivity index (χ3v) is 6.48. The highest BCUT2D eigenvalue weighted by Crippen LogP contribution is 2.24. The molecule has 2 heterocycles. The summed E-state index contributed by atoms with van der Waals surface area (Å²) in [5.74, 6) is 0.142. The first-order valence-corrected chi connectivity index (χ1v) is 11.3. The highest BCUT2D eigenvalue weighted by atomic mass is 32.2. The van der Waals surface area contributed by atoms with Crippen LogP contribution in [-0.4, -0.2) is 45.2 Å². The molecule has 1 saturated heterocycles. The van der Waals surface area contributed by atoms with Crippen molar-refractivity contribution in [1.82, 2.24) is 19.8 Å². The summed E-state index contributed by atoms with van der Waals surface area (Å²) in [4.78, 5) is 43.5. The van der Waals surface area contributed by atoms with Crippen molar-refractivity contribution in [3.63, 3.8) is 0 Å². The number of carbonyl (C=O) groups is 2. The molecule has 3 amide bonds. The maximum atomic E-state index is 13.3. The van der Waals surface area contributed by atoms with E-state index in [0.717, 1.165) is 18.2 Å². The van der Waals surface area contributed by atoms with Crippen molar-refractivity contribution in [3.05, 3.63) is 64.4 Å². The summed E-state index contributed by atoms with van der Waals surface area (Å²) in [7, 11) is 0. The number of nitrogens with one attached hydrogen (secondary N) is 1. The molecule has 1 unspecified atom stereocenters. The predicted molar refractivity (Wildman–Crippen MR) is 122 cm³/mol. The molecule has 7 nitrogen and oxygen atoms in total. The number of para-hydroxylation sites is 1. The summed E-state index contributed by atoms with van der Waals surface area (Å²) in [6, 6.07) is 14.7. The van der Waals surface area contributed by atoms with Crippen LogP contribution in [0.4, 0.5) is 4.79 Å². The molecule has 1 N–H and O–H groups in total. The largest absolute Gasteiger partial charge is 0.336 e. The molecule has 2 aromatic carbocycles. The Hall–Kier alpha value is -3.13. The highest BCUT2D eigenvalue weighted by Gasteiger charge is 2.26. The fraction of sp³-hybridized carbons (Fsp3) is 0.304. The van der Waals surface area contributed by atoms with Crippen LogP contribution in [0, 0.1) is 0 Å². The number of imide groups is 1. The SMILES string of the molecule is CCC(C)c1ccc(-n2c(SCC(=O)N3CCNC3=O)nc3ccccc3c2=O)cc1. The monoisotopic (exact) mass is 436 g/mol. The van der Waals surface area contributed by atoms with Gasteiger partial charge in [0.15, 0.2) is 5.16 Å². The zero-order valence-electron chi connectivity index (χ0n) is 17.5. The number of thioether (sulfide) groups is 1. The van der Waals surface area contributed by atoms with Gasteiger partial charge in [0.1, 0.15) is 0 Å². The summed E-state index contributed by atoms with van der Waals surface area (Å²) >= 11 is 1.16. The third kappa shape index (κ3) is 4.20. The van der Waals surface area contributed by atoms with E-state index in [1.165, 1.54) is 10.5 Å². The van der Waals surface area contributed by atoms with E-state index in [0.29, 0.717) is 40.8 Å². The average molecular weight is 437 g/mol. The third-order valence-electron chi connectivity index (χ3n) is 5.56. The lowest BCUT2D eigenvalue weighted by molar-refractivity contribution is -0.124. The van der Waals surface area contributed by atoms with Gasteiger partial charge in [0, 0.05) is 13.1 Å². The highest BCUT2D eigenvalue weighted by molar-refractivity contribution is 7.99. The Balaban J connectivity index is 1.72. The lowest BCUT2D eigenvalue weighted by Gasteiger charge is -2.16. The maximum Gasteiger partial charge on any atom is 0.324 e. The molecule has 0 spiro atoms. The van der Waals surface area contributed by atoms with Crippen LogP contribution in [-0.2, 0) is 4.79 Å². The second-order valence-electron chi connectivity index (χ2n) is 7.52. The van der Waals surface area contributed by atoms with Crippen molar-refractivity contribution in [3.8, 4) is 5.69 Å². The van der Waals surface area contributed by atoms with Crippen molar-refractivity contribution in [2.45, 2.75) is 31.3 Å². The lowest BCUT2D eigenvalue weighted by atomic mass is 9.98. The molecule has 0 radical (unpaired) electrons. The predicted octanol–water partition coefficient (Wildman–Crippen LogP) is 3.54. The second kappa shape index (κ2) is 8.93. The number of amides is 3. The topological polar surface area (TPSA) is 84.3 Å². The Morgan fingerprint density at radius 2 is 1.90 bits per heavy atom. The van der Waals surface area contributed by atoms with E-state index >= 15 is 0 Å². The zero-order valence-corrected chi connectivity index (χ0v) is 18.3. The number of fused-ring (bicyclic) bond motifs is 1. The summed E-state index contributed by atoms with van der Waals surface area (Å²) in [5.41, 5.74) is 2.30. The number of hydrogen-bond donors (Lipinski definition) is 1. The molecule has 0 bridgehead atoms. The van der Waals surface area contributed by atoms with Gasteiger partial charge in [-0.15, -0.1) is 0 Å². The zero-order chi connectivity index (χ0) is 22.0. The van der Waals surface area contributed by atoms with E-state index < -0.39 is 0 Å². The molecule has 1 aliphatic rings. The van der Waals surface area contributed by atoms with Gasteiger partial charge in [0.25, 0.3) is 5.56 Å². The number of urea groups is 1. The molecule has 1 atom stereocenters. The molecule has 0 aliphatic carbocycles. The van der Waals surface area contributed by atoms with Crippen LogP contribution in [0.1, 0.15) is 31.7 Å². The Morgan fingerprint density at radius 3 is 2.58 bits per heavy atom. The minimum atomic E-state index is -0.380. The van der Waals surface area contributed by atoms with E-state index in [1.54, 1.807) is 16.7 Å². The first kappa shape index (κ1) is 21.1. The number of nitrogens with zero attached hydrogens (tertiary/aromatic N) is 3. The van der Waals surface area contributed by atoms with Crippen molar-refractivity contribution < 1.29 is 9.59 Å². The molecule has 3 aromatic rings. The first-order valence-electron chi connectivity index (χ1n) is 10.3. The molecule has 4 rings (SSSR count). The molecule has 1 aliphatic heterocycles. The number of aromatic nitrogens is 2. The van der Waals surface area contributed by atoms with Gasteiger partial charge in [-0.1, -0.05) is 49.9 Å². The molecular weight excluding hydrogens is 412 g/mol. The van der Waals surface area contributed by atoms with Crippen molar-refractivity contribution in [2.75, 3.05) is 18.8 Å². The second-order valence-corrected chi connectivity index (χ2v) is 8.46. The van der Waals surface area contributed by atoms with Crippen LogP contribution >= 0.6 is 11.8 Å². The molecular formula is C23H24N4O3S. The molecule has 0 saturated carbocycles. The quantitative estimate of drug-likeness (QED) is 0.472. The van der Waals surface area contributed by atoms with Gasteiger partial charge in [-0.3, -0.25) is 19.1 Å². The van der Waals surface area contributed by atoms with Gasteiger partial charge in [0.2, 0.25) is 5.91 Å². The van der Waals surface area contributed by atoms with Crippen LogP contribution in [0.25, 0.3) is 16.6 Å². The minimum absolute atomic E-state index is 0.0170. The summed E-state index contributed by atoms with van der Waals surface area (Å²) in [6.45, 7) is 5.12.